The summed E-state index contributed by atoms with van der Waals surface area (Å²) in [4.78, 5) is 14.4. The summed E-state index contributed by atoms with van der Waals surface area (Å²) in [5.41, 5.74) is 2.28. The van der Waals surface area contributed by atoms with E-state index in [-0.39, 0.29) is 18.1 Å². The Hall–Kier alpha value is -1.59. The van der Waals surface area contributed by atoms with E-state index in [0.717, 1.165) is 31.8 Å². The Bertz CT molecular complexity index is 467. The minimum Gasteiger partial charge on any atom is -0.374 e. The van der Waals surface area contributed by atoms with E-state index < -0.39 is 0 Å². The molecule has 1 aromatic rings. The molecule has 1 fully saturated rings. The summed E-state index contributed by atoms with van der Waals surface area (Å²) >= 11 is 0. The number of amides is 1. The van der Waals surface area contributed by atoms with Gasteiger partial charge in [-0.1, -0.05) is 18.2 Å². The normalized spacial score (nSPS) is 25.9. The van der Waals surface area contributed by atoms with Gasteiger partial charge >= 0.3 is 0 Å². The van der Waals surface area contributed by atoms with Gasteiger partial charge in [0, 0.05) is 31.7 Å². The number of hydrogen-bond acceptors (Lipinski definition) is 4. The van der Waals surface area contributed by atoms with Gasteiger partial charge in [0.2, 0.25) is 5.91 Å². The fraction of sp³-hybridized carbons (Fsp3) is 0.533. The third-order valence-corrected chi connectivity index (χ3v) is 3.93. The molecule has 2 heterocycles. The summed E-state index contributed by atoms with van der Waals surface area (Å²) in [5, 5.41) is 6.26. The van der Waals surface area contributed by atoms with Gasteiger partial charge in [0.05, 0.1) is 12.7 Å². The maximum absolute atomic E-state index is 12.2. The first kappa shape index (κ1) is 13.4. The lowest BCUT2D eigenvalue weighted by Gasteiger charge is -2.30. The topological polar surface area (TPSA) is 53.6 Å². The van der Waals surface area contributed by atoms with Crippen LogP contribution in [0.3, 0.4) is 0 Å². The number of morpholine rings is 1. The number of hydrogen-bond donors (Lipinski definition) is 2. The molecule has 108 valence electrons. The predicted molar refractivity (Wildman–Crippen MR) is 77.8 cm³/mol. The number of carbonyl (C=O) groups is 1. The van der Waals surface area contributed by atoms with Gasteiger partial charge in [0.1, 0.15) is 6.04 Å². The van der Waals surface area contributed by atoms with Crippen molar-refractivity contribution in [3.63, 3.8) is 0 Å². The minimum absolute atomic E-state index is 0.0537. The Labute approximate surface area is 119 Å². The average molecular weight is 275 g/mol. The molecule has 0 aromatic heterocycles. The van der Waals surface area contributed by atoms with Gasteiger partial charge < -0.3 is 20.3 Å². The average Bonchev–Trinajstić information content (AvgIpc) is 2.89. The fourth-order valence-electron chi connectivity index (χ4n) is 2.78. The van der Waals surface area contributed by atoms with E-state index in [1.165, 1.54) is 5.56 Å². The first-order valence-corrected chi connectivity index (χ1v) is 7.14. The van der Waals surface area contributed by atoms with Crippen LogP contribution in [0.4, 0.5) is 5.69 Å². The smallest absolute Gasteiger partial charge is 0.242 e. The van der Waals surface area contributed by atoms with E-state index in [1.54, 1.807) is 0 Å². The number of nitrogens with zero attached hydrogens (tertiary/aromatic N) is 1. The maximum Gasteiger partial charge on any atom is 0.242 e. The first-order chi connectivity index (χ1) is 9.72. The standard InChI is InChI=1S/C15H21N3O2/c1-18-6-7-20-12(10-18)9-16-15(19)14-8-11-4-2-3-5-13(11)17-14/h2-5,12,14,17H,6-10H2,1H3,(H,16,19). The van der Waals surface area contributed by atoms with E-state index in [4.69, 9.17) is 4.74 Å². The molecule has 1 saturated heterocycles. The zero-order valence-corrected chi connectivity index (χ0v) is 11.8. The zero-order chi connectivity index (χ0) is 13.9. The molecule has 2 aliphatic rings. The summed E-state index contributed by atoms with van der Waals surface area (Å²) in [5.74, 6) is 0.0537. The summed E-state index contributed by atoms with van der Waals surface area (Å²) in [6.07, 6.45) is 0.856. The van der Waals surface area contributed by atoms with Crippen LogP contribution < -0.4 is 10.6 Å². The number of benzene rings is 1. The highest BCUT2D eigenvalue weighted by atomic mass is 16.5. The van der Waals surface area contributed by atoms with Crippen molar-refractivity contribution in [2.45, 2.75) is 18.6 Å². The van der Waals surface area contributed by atoms with Gasteiger partial charge in [-0.05, 0) is 18.7 Å². The fourth-order valence-corrected chi connectivity index (χ4v) is 2.78. The lowest BCUT2D eigenvalue weighted by molar-refractivity contribution is -0.122. The highest BCUT2D eigenvalue weighted by molar-refractivity contribution is 5.87. The monoisotopic (exact) mass is 275 g/mol. The largest absolute Gasteiger partial charge is 0.374 e. The molecule has 5 heteroatoms. The molecule has 2 aliphatic heterocycles. The molecule has 0 bridgehead atoms. The highest BCUT2D eigenvalue weighted by Gasteiger charge is 2.27. The molecule has 2 unspecified atom stereocenters. The second-order valence-electron chi connectivity index (χ2n) is 5.56. The molecule has 2 N–H and O–H groups in total. The second kappa shape index (κ2) is 5.81. The van der Waals surface area contributed by atoms with E-state index in [1.807, 2.05) is 18.2 Å². The number of carbonyl (C=O) groups excluding carboxylic acids is 1. The van der Waals surface area contributed by atoms with Crippen LogP contribution >= 0.6 is 0 Å². The molecule has 3 rings (SSSR count). The molecule has 0 saturated carbocycles. The zero-order valence-electron chi connectivity index (χ0n) is 11.8. The number of anilines is 1. The highest BCUT2D eigenvalue weighted by Crippen LogP contribution is 2.25. The summed E-state index contributed by atoms with van der Waals surface area (Å²) in [6.45, 7) is 3.16. The van der Waals surface area contributed by atoms with Crippen molar-refractivity contribution < 1.29 is 9.53 Å². The van der Waals surface area contributed by atoms with Crippen LogP contribution in [-0.4, -0.2) is 56.2 Å². The number of rotatable bonds is 3. The number of ether oxygens (including phenoxy) is 1. The van der Waals surface area contributed by atoms with Crippen LogP contribution in [0, 0.1) is 0 Å². The Morgan fingerprint density at radius 2 is 2.35 bits per heavy atom. The van der Waals surface area contributed by atoms with Gasteiger partial charge in [0.25, 0.3) is 0 Å². The number of nitrogens with one attached hydrogen (secondary N) is 2. The maximum atomic E-state index is 12.2. The van der Waals surface area contributed by atoms with E-state index in [9.17, 15) is 4.79 Å². The van der Waals surface area contributed by atoms with E-state index >= 15 is 0 Å². The SMILES string of the molecule is CN1CCOC(CNC(=O)C2Cc3ccccc3N2)C1. The van der Waals surface area contributed by atoms with E-state index in [2.05, 4.69) is 28.6 Å². The van der Waals surface area contributed by atoms with Gasteiger partial charge in [-0.2, -0.15) is 0 Å². The predicted octanol–water partition coefficient (Wildman–Crippen LogP) is 0.470. The van der Waals surface area contributed by atoms with Crippen molar-refractivity contribution in [2.75, 3.05) is 38.6 Å². The van der Waals surface area contributed by atoms with Crippen LogP contribution in [0.1, 0.15) is 5.56 Å². The quantitative estimate of drug-likeness (QED) is 0.842. The molecule has 1 amide bonds. The van der Waals surface area contributed by atoms with Gasteiger partial charge in [-0.15, -0.1) is 0 Å². The molecular formula is C15H21N3O2. The number of likely N-dealkylation sites (N-methyl/N-ethyl adjacent to an activating group) is 1. The summed E-state index contributed by atoms with van der Waals surface area (Å²) in [7, 11) is 2.08. The molecule has 2 atom stereocenters. The Morgan fingerprint density at radius 1 is 1.50 bits per heavy atom. The molecule has 0 aliphatic carbocycles. The molecular weight excluding hydrogens is 254 g/mol. The van der Waals surface area contributed by atoms with Crippen molar-refractivity contribution in [3.05, 3.63) is 29.8 Å². The van der Waals surface area contributed by atoms with Crippen LogP contribution in [0.15, 0.2) is 24.3 Å². The van der Waals surface area contributed by atoms with Crippen LogP contribution in [0.25, 0.3) is 0 Å². The Kier molecular flexibility index (Phi) is 3.89. The van der Waals surface area contributed by atoms with Crippen molar-refractivity contribution >= 4 is 11.6 Å². The minimum atomic E-state index is -0.159. The lowest BCUT2D eigenvalue weighted by Crippen LogP contribution is -2.48. The van der Waals surface area contributed by atoms with Crippen LogP contribution in [0.2, 0.25) is 0 Å². The van der Waals surface area contributed by atoms with Crippen molar-refractivity contribution in [2.24, 2.45) is 0 Å². The van der Waals surface area contributed by atoms with Gasteiger partial charge in [-0.25, -0.2) is 0 Å². The van der Waals surface area contributed by atoms with Crippen molar-refractivity contribution in [3.8, 4) is 0 Å². The summed E-state index contributed by atoms with van der Waals surface area (Å²) < 4.78 is 5.65. The molecule has 0 spiro atoms. The number of fused-ring (bicyclic) bond motifs is 1. The Balaban J connectivity index is 1.49. The molecule has 20 heavy (non-hydrogen) atoms. The second-order valence-corrected chi connectivity index (χ2v) is 5.56. The first-order valence-electron chi connectivity index (χ1n) is 7.14. The molecule has 5 nitrogen and oxygen atoms in total. The van der Waals surface area contributed by atoms with Gasteiger partial charge in [-0.3, -0.25) is 4.79 Å². The van der Waals surface area contributed by atoms with Gasteiger partial charge in [0.15, 0.2) is 0 Å². The third kappa shape index (κ3) is 2.94. The van der Waals surface area contributed by atoms with Crippen molar-refractivity contribution in [1.82, 2.24) is 10.2 Å². The van der Waals surface area contributed by atoms with Crippen LogP contribution in [-0.2, 0) is 16.0 Å². The van der Waals surface area contributed by atoms with Crippen LogP contribution in [0.5, 0.6) is 0 Å². The van der Waals surface area contributed by atoms with Crippen molar-refractivity contribution in [1.29, 1.82) is 0 Å². The Morgan fingerprint density at radius 3 is 3.15 bits per heavy atom. The summed E-state index contributed by atoms with van der Waals surface area (Å²) in [6, 6.07) is 7.91. The van der Waals surface area contributed by atoms with E-state index in [0.29, 0.717) is 6.54 Å². The molecule has 0 radical (unpaired) electrons. The lowest BCUT2D eigenvalue weighted by atomic mass is 10.1. The molecule has 1 aromatic carbocycles. The number of para-hydroxylation sites is 1. The third-order valence-electron chi connectivity index (χ3n) is 3.93.